The maximum Gasteiger partial charge on any atom is 0.265 e. The molecule has 124 valence electrons. The van der Waals surface area contributed by atoms with Crippen LogP contribution in [0, 0.1) is 0 Å². The molecule has 0 saturated carbocycles. The van der Waals surface area contributed by atoms with Crippen molar-refractivity contribution in [1.82, 2.24) is 0 Å². The monoisotopic (exact) mass is 390 g/mol. The van der Waals surface area contributed by atoms with E-state index in [1.165, 1.54) is 0 Å². The van der Waals surface area contributed by atoms with Crippen molar-refractivity contribution < 1.29 is 19.1 Å². The van der Waals surface area contributed by atoms with Crippen LogP contribution in [-0.4, -0.2) is 24.5 Å². The molecule has 0 spiro atoms. The van der Waals surface area contributed by atoms with E-state index in [1.807, 2.05) is 12.1 Å². The van der Waals surface area contributed by atoms with E-state index in [4.69, 9.17) is 9.47 Å². The molecule has 1 atom stereocenters. The number of hydrogen-bond donors (Lipinski definition) is 2. The van der Waals surface area contributed by atoms with Crippen LogP contribution in [0.15, 0.2) is 46.9 Å². The van der Waals surface area contributed by atoms with Crippen LogP contribution in [0.1, 0.15) is 6.92 Å². The Morgan fingerprint density at radius 3 is 2.79 bits per heavy atom. The van der Waals surface area contributed by atoms with Crippen molar-refractivity contribution in [3.8, 4) is 11.5 Å². The zero-order chi connectivity index (χ0) is 17.1. The molecule has 0 bridgehead atoms. The van der Waals surface area contributed by atoms with Gasteiger partial charge in [0.25, 0.3) is 11.8 Å². The summed E-state index contributed by atoms with van der Waals surface area (Å²) in [6.07, 6.45) is -0.673. The first-order chi connectivity index (χ1) is 11.5. The van der Waals surface area contributed by atoms with Crippen molar-refractivity contribution >= 4 is 39.1 Å². The Balaban J connectivity index is 1.64. The minimum atomic E-state index is -0.673. The van der Waals surface area contributed by atoms with Gasteiger partial charge in [-0.25, -0.2) is 0 Å². The lowest BCUT2D eigenvalue weighted by atomic mass is 10.2. The maximum atomic E-state index is 12.3. The van der Waals surface area contributed by atoms with Crippen LogP contribution in [0.5, 0.6) is 11.5 Å². The molecule has 1 aliphatic rings. The quantitative estimate of drug-likeness (QED) is 0.840. The molecular formula is C17H15BrN2O4. The van der Waals surface area contributed by atoms with Gasteiger partial charge in [-0.1, -0.05) is 15.9 Å². The Kier molecular flexibility index (Phi) is 4.71. The van der Waals surface area contributed by atoms with Gasteiger partial charge in [-0.2, -0.15) is 0 Å². The van der Waals surface area contributed by atoms with E-state index < -0.39 is 6.10 Å². The van der Waals surface area contributed by atoms with E-state index in [0.717, 1.165) is 4.47 Å². The molecule has 0 aliphatic carbocycles. The third-order valence-electron chi connectivity index (χ3n) is 3.38. The van der Waals surface area contributed by atoms with E-state index in [0.29, 0.717) is 22.9 Å². The first kappa shape index (κ1) is 16.3. The van der Waals surface area contributed by atoms with E-state index in [9.17, 15) is 9.59 Å². The molecule has 7 heteroatoms. The van der Waals surface area contributed by atoms with Gasteiger partial charge in [0.15, 0.2) is 12.7 Å². The minimum Gasteiger partial charge on any atom is -0.482 e. The number of carbonyl (C=O) groups is 2. The van der Waals surface area contributed by atoms with Crippen molar-refractivity contribution in [3.05, 3.63) is 46.9 Å². The summed E-state index contributed by atoms with van der Waals surface area (Å²) in [5.41, 5.74) is 1.08. The molecule has 0 fully saturated rings. The Labute approximate surface area is 147 Å². The molecule has 1 heterocycles. The van der Waals surface area contributed by atoms with Gasteiger partial charge in [0.05, 0.1) is 5.69 Å². The topological polar surface area (TPSA) is 76.7 Å². The highest BCUT2D eigenvalue weighted by Crippen LogP contribution is 2.30. The number of amides is 2. The lowest BCUT2D eigenvalue weighted by molar-refractivity contribution is -0.122. The molecule has 0 radical (unpaired) electrons. The van der Waals surface area contributed by atoms with Crippen molar-refractivity contribution in [2.24, 2.45) is 0 Å². The fourth-order valence-electron chi connectivity index (χ4n) is 2.18. The van der Waals surface area contributed by atoms with Gasteiger partial charge in [0, 0.05) is 10.2 Å². The number of fused-ring (bicyclic) bond motifs is 1. The second-order valence-corrected chi connectivity index (χ2v) is 6.17. The lowest BCUT2D eigenvalue weighted by Crippen LogP contribution is -2.30. The smallest absolute Gasteiger partial charge is 0.265 e. The highest BCUT2D eigenvalue weighted by Gasteiger charge is 2.18. The van der Waals surface area contributed by atoms with Crippen molar-refractivity contribution in [1.29, 1.82) is 0 Å². The number of ether oxygens (including phenoxy) is 2. The van der Waals surface area contributed by atoms with Crippen molar-refractivity contribution in [3.63, 3.8) is 0 Å². The zero-order valence-corrected chi connectivity index (χ0v) is 14.4. The highest BCUT2D eigenvalue weighted by molar-refractivity contribution is 9.10. The van der Waals surface area contributed by atoms with Gasteiger partial charge in [0.1, 0.15) is 11.5 Å². The number of halogens is 1. The molecule has 2 N–H and O–H groups in total. The Hall–Kier alpha value is -2.54. The summed E-state index contributed by atoms with van der Waals surface area (Å²) >= 11 is 3.34. The van der Waals surface area contributed by atoms with Crippen LogP contribution in [0.3, 0.4) is 0 Å². The molecule has 3 rings (SSSR count). The normalized spacial score (nSPS) is 14.0. The largest absolute Gasteiger partial charge is 0.482 e. The lowest BCUT2D eigenvalue weighted by Gasteiger charge is -2.19. The summed E-state index contributed by atoms with van der Waals surface area (Å²) in [4.78, 5) is 23.6. The van der Waals surface area contributed by atoms with Crippen molar-refractivity contribution in [2.75, 3.05) is 17.2 Å². The molecule has 24 heavy (non-hydrogen) atoms. The molecule has 0 saturated heterocycles. The number of anilines is 2. The predicted molar refractivity (Wildman–Crippen MR) is 93.4 cm³/mol. The first-order valence-corrected chi connectivity index (χ1v) is 8.10. The van der Waals surface area contributed by atoms with Crippen LogP contribution >= 0.6 is 15.9 Å². The fraction of sp³-hybridized carbons (Fsp3) is 0.176. The summed E-state index contributed by atoms with van der Waals surface area (Å²) in [5, 5.41) is 5.46. The average molecular weight is 391 g/mol. The average Bonchev–Trinajstić information content (AvgIpc) is 2.56. The van der Waals surface area contributed by atoms with Crippen LogP contribution in [-0.2, 0) is 9.59 Å². The summed E-state index contributed by atoms with van der Waals surface area (Å²) in [6, 6.07) is 12.3. The molecule has 1 aliphatic heterocycles. The Morgan fingerprint density at radius 1 is 1.29 bits per heavy atom. The van der Waals surface area contributed by atoms with Gasteiger partial charge >= 0.3 is 0 Å². The van der Waals surface area contributed by atoms with Crippen LogP contribution in [0.4, 0.5) is 11.4 Å². The van der Waals surface area contributed by atoms with Crippen LogP contribution < -0.4 is 20.1 Å². The number of nitrogens with one attached hydrogen (secondary N) is 2. The van der Waals surface area contributed by atoms with E-state index in [-0.39, 0.29) is 18.4 Å². The zero-order valence-electron chi connectivity index (χ0n) is 12.8. The number of carbonyl (C=O) groups excluding carboxylic acids is 2. The molecular weight excluding hydrogens is 376 g/mol. The second kappa shape index (κ2) is 6.92. The molecule has 0 aromatic heterocycles. The standard InChI is InChI=1S/C17H15BrN2O4/c1-10(24-13-5-2-11(18)3-6-13)17(22)19-12-4-7-15-14(8-12)20-16(21)9-23-15/h2-8,10H,9H2,1H3,(H,19,22)(H,20,21). The third-order valence-corrected chi connectivity index (χ3v) is 3.90. The van der Waals surface area contributed by atoms with E-state index >= 15 is 0 Å². The third kappa shape index (κ3) is 3.86. The van der Waals surface area contributed by atoms with E-state index in [2.05, 4.69) is 26.6 Å². The summed E-state index contributed by atoms with van der Waals surface area (Å²) in [5.74, 6) is 0.664. The van der Waals surface area contributed by atoms with Gasteiger partial charge in [-0.15, -0.1) is 0 Å². The SMILES string of the molecule is CC(Oc1ccc(Br)cc1)C(=O)Nc1ccc2c(c1)NC(=O)CO2. The Bertz CT molecular complexity index is 777. The van der Waals surface area contributed by atoms with Crippen LogP contribution in [0.2, 0.25) is 0 Å². The molecule has 2 amide bonds. The molecule has 1 unspecified atom stereocenters. The second-order valence-electron chi connectivity index (χ2n) is 5.25. The minimum absolute atomic E-state index is 0.00320. The first-order valence-electron chi connectivity index (χ1n) is 7.31. The highest BCUT2D eigenvalue weighted by atomic mass is 79.9. The van der Waals surface area contributed by atoms with Gasteiger partial charge < -0.3 is 20.1 Å². The Morgan fingerprint density at radius 2 is 2.04 bits per heavy atom. The summed E-state index contributed by atoms with van der Waals surface area (Å²) < 4.78 is 11.8. The van der Waals surface area contributed by atoms with E-state index in [1.54, 1.807) is 37.3 Å². The number of hydrogen-bond acceptors (Lipinski definition) is 4. The van der Waals surface area contributed by atoms with Gasteiger partial charge in [-0.3, -0.25) is 9.59 Å². The number of rotatable bonds is 4. The maximum absolute atomic E-state index is 12.3. The molecule has 2 aromatic rings. The summed E-state index contributed by atoms with van der Waals surface area (Å²) in [7, 11) is 0. The fourth-order valence-corrected chi connectivity index (χ4v) is 2.44. The van der Waals surface area contributed by atoms with Gasteiger partial charge in [0.2, 0.25) is 0 Å². The van der Waals surface area contributed by atoms with Crippen molar-refractivity contribution in [2.45, 2.75) is 13.0 Å². The number of benzene rings is 2. The summed E-state index contributed by atoms with van der Waals surface area (Å²) in [6.45, 7) is 1.66. The predicted octanol–water partition coefficient (Wildman–Crippen LogP) is 3.19. The van der Waals surface area contributed by atoms with Gasteiger partial charge in [-0.05, 0) is 49.4 Å². The van der Waals surface area contributed by atoms with Crippen LogP contribution in [0.25, 0.3) is 0 Å². The molecule has 2 aromatic carbocycles. The molecule has 6 nitrogen and oxygen atoms in total.